The first-order valence-electron chi connectivity index (χ1n) is 13.6. The van der Waals surface area contributed by atoms with Crippen LogP contribution in [0, 0.1) is 11.8 Å². The minimum Gasteiger partial charge on any atom is -0.466 e. The van der Waals surface area contributed by atoms with Gasteiger partial charge in [-0.25, -0.2) is 0 Å². The molecular formula is C29H47NO3. The molecule has 1 aliphatic heterocycles. The molecule has 1 saturated carbocycles. The summed E-state index contributed by atoms with van der Waals surface area (Å²) < 4.78 is 11.9. The Morgan fingerprint density at radius 3 is 2.48 bits per heavy atom. The smallest absolute Gasteiger partial charge is 0.305 e. The summed E-state index contributed by atoms with van der Waals surface area (Å²) in [4.78, 5) is 11.8. The SMILES string of the molecule is CCCCOC(=O)CCCCCCC1(CCc2ccccc2)COC2(C[C@H](C)C[C@H](C)C2)N1. The molecule has 2 aliphatic rings. The van der Waals surface area contributed by atoms with E-state index in [1.165, 1.54) is 18.4 Å². The summed E-state index contributed by atoms with van der Waals surface area (Å²) in [5.41, 5.74) is 1.34. The van der Waals surface area contributed by atoms with Crippen molar-refractivity contribution in [1.82, 2.24) is 5.32 Å². The maximum absolute atomic E-state index is 11.8. The van der Waals surface area contributed by atoms with Gasteiger partial charge >= 0.3 is 5.97 Å². The van der Waals surface area contributed by atoms with Crippen LogP contribution in [0.4, 0.5) is 0 Å². The maximum Gasteiger partial charge on any atom is 0.305 e. The third-order valence-electron chi connectivity index (χ3n) is 7.56. The number of nitrogens with one attached hydrogen (secondary N) is 1. The molecule has 1 aromatic rings. The van der Waals surface area contributed by atoms with Crippen LogP contribution in [0.5, 0.6) is 0 Å². The van der Waals surface area contributed by atoms with E-state index in [1.54, 1.807) is 0 Å². The predicted molar refractivity (Wildman–Crippen MR) is 135 cm³/mol. The van der Waals surface area contributed by atoms with Gasteiger partial charge in [0.15, 0.2) is 0 Å². The van der Waals surface area contributed by atoms with E-state index in [9.17, 15) is 4.79 Å². The van der Waals surface area contributed by atoms with Crippen molar-refractivity contribution in [1.29, 1.82) is 0 Å². The second kappa shape index (κ2) is 12.9. The molecule has 1 aliphatic carbocycles. The van der Waals surface area contributed by atoms with E-state index in [2.05, 4.69) is 56.4 Å². The highest BCUT2D eigenvalue weighted by molar-refractivity contribution is 5.69. The van der Waals surface area contributed by atoms with Crippen molar-refractivity contribution in [2.24, 2.45) is 11.8 Å². The largest absolute Gasteiger partial charge is 0.466 e. The minimum absolute atomic E-state index is 0.0314. The van der Waals surface area contributed by atoms with Gasteiger partial charge in [-0.1, -0.05) is 76.8 Å². The maximum atomic E-state index is 11.8. The van der Waals surface area contributed by atoms with Crippen molar-refractivity contribution in [3.05, 3.63) is 35.9 Å². The minimum atomic E-state index is -0.129. The van der Waals surface area contributed by atoms with Crippen LogP contribution in [0.15, 0.2) is 30.3 Å². The highest BCUT2D eigenvalue weighted by Crippen LogP contribution is 2.43. The summed E-state index contributed by atoms with van der Waals surface area (Å²) in [7, 11) is 0. The zero-order chi connectivity index (χ0) is 23.6. The Kier molecular flexibility index (Phi) is 10.2. The number of hydrogen-bond acceptors (Lipinski definition) is 4. The van der Waals surface area contributed by atoms with Gasteiger partial charge in [0.25, 0.3) is 0 Å². The summed E-state index contributed by atoms with van der Waals surface area (Å²) in [5.74, 6) is 1.39. The van der Waals surface area contributed by atoms with Crippen molar-refractivity contribution in [2.45, 2.75) is 116 Å². The average Bonchev–Trinajstić information content (AvgIpc) is 3.12. The summed E-state index contributed by atoms with van der Waals surface area (Å²) in [6, 6.07) is 10.8. The van der Waals surface area contributed by atoms with Gasteiger partial charge in [0.2, 0.25) is 0 Å². The molecule has 1 aromatic carbocycles. The van der Waals surface area contributed by atoms with Crippen LogP contribution >= 0.6 is 0 Å². The normalized spacial score (nSPS) is 29.4. The van der Waals surface area contributed by atoms with Crippen molar-refractivity contribution in [3.63, 3.8) is 0 Å². The van der Waals surface area contributed by atoms with Crippen LogP contribution in [0.2, 0.25) is 0 Å². The standard InChI is InChI=1S/C29H47NO3/c1-4-5-19-32-27(31)15-11-6-7-12-17-28(18-16-26-13-9-8-10-14-26)23-33-29(30-28)21-24(2)20-25(3)22-29/h8-10,13-14,24-25,30H,4-7,11-12,15-23H2,1-3H3/t24-,25+,28?,29?. The van der Waals surface area contributed by atoms with Crippen molar-refractivity contribution < 1.29 is 14.3 Å². The van der Waals surface area contributed by atoms with Crippen molar-refractivity contribution in [2.75, 3.05) is 13.2 Å². The van der Waals surface area contributed by atoms with Crippen LogP contribution in [-0.2, 0) is 20.7 Å². The lowest BCUT2D eigenvalue weighted by molar-refractivity contribution is -0.143. The molecule has 1 heterocycles. The fourth-order valence-electron chi connectivity index (χ4n) is 6.03. The number of esters is 1. The number of rotatable bonds is 13. The van der Waals surface area contributed by atoms with Crippen LogP contribution in [0.3, 0.4) is 0 Å². The van der Waals surface area contributed by atoms with Gasteiger partial charge in [-0.05, 0) is 68.8 Å². The Hall–Kier alpha value is -1.39. The summed E-state index contributed by atoms with van der Waals surface area (Å²) >= 11 is 0. The topological polar surface area (TPSA) is 47.6 Å². The first-order chi connectivity index (χ1) is 15.9. The molecule has 1 spiro atoms. The average molecular weight is 458 g/mol. The van der Waals surface area contributed by atoms with Gasteiger partial charge in [0.05, 0.1) is 13.2 Å². The number of ether oxygens (including phenoxy) is 2. The molecule has 0 bridgehead atoms. The molecule has 4 atom stereocenters. The molecular weight excluding hydrogens is 410 g/mol. The monoisotopic (exact) mass is 457 g/mol. The van der Waals surface area contributed by atoms with Gasteiger partial charge in [-0.2, -0.15) is 0 Å². The molecule has 1 saturated heterocycles. The molecule has 2 unspecified atom stereocenters. The van der Waals surface area contributed by atoms with Crippen LogP contribution < -0.4 is 5.32 Å². The quantitative estimate of drug-likeness (QED) is 0.261. The first kappa shape index (κ1) is 26.2. The van der Waals surface area contributed by atoms with Gasteiger partial charge in [-0.15, -0.1) is 0 Å². The van der Waals surface area contributed by atoms with Crippen LogP contribution in [0.1, 0.15) is 103 Å². The Labute approximate surface area is 202 Å². The Balaban J connectivity index is 1.49. The van der Waals surface area contributed by atoms with Crippen molar-refractivity contribution in [3.8, 4) is 0 Å². The molecule has 4 heteroatoms. The predicted octanol–water partition coefficient (Wildman–Crippen LogP) is 6.81. The van der Waals surface area contributed by atoms with E-state index < -0.39 is 0 Å². The molecule has 0 aromatic heterocycles. The molecule has 3 rings (SSSR count). The molecule has 2 fully saturated rings. The Morgan fingerprint density at radius 2 is 1.76 bits per heavy atom. The van der Waals surface area contributed by atoms with Gasteiger partial charge in [0.1, 0.15) is 5.72 Å². The molecule has 4 nitrogen and oxygen atoms in total. The highest BCUT2D eigenvalue weighted by Gasteiger charge is 2.50. The Morgan fingerprint density at radius 1 is 1.03 bits per heavy atom. The zero-order valence-electron chi connectivity index (χ0n) is 21.4. The number of hydrogen-bond donors (Lipinski definition) is 1. The molecule has 0 amide bonds. The zero-order valence-corrected chi connectivity index (χ0v) is 21.4. The summed E-state index contributed by atoms with van der Waals surface area (Å²) in [6.07, 6.45) is 13.9. The first-order valence-corrected chi connectivity index (χ1v) is 13.6. The lowest BCUT2D eigenvalue weighted by atomic mass is 9.77. The van der Waals surface area contributed by atoms with Crippen LogP contribution in [-0.4, -0.2) is 30.4 Å². The van der Waals surface area contributed by atoms with E-state index in [0.29, 0.717) is 24.9 Å². The van der Waals surface area contributed by atoms with E-state index in [4.69, 9.17) is 9.47 Å². The Bertz CT molecular complexity index is 696. The van der Waals surface area contributed by atoms with E-state index in [-0.39, 0.29) is 17.2 Å². The second-order valence-corrected chi connectivity index (χ2v) is 11.0. The number of aryl methyl sites for hydroxylation is 1. The number of carbonyl (C=O) groups is 1. The molecule has 186 valence electrons. The lowest BCUT2D eigenvalue weighted by Crippen LogP contribution is -2.54. The fourth-order valence-corrected chi connectivity index (χ4v) is 6.03. The van der Waals surface area contributed by atoms with E-state index >= 15 is 0 Å². The van der Waals surface area contributed by atoms with E-state index in [1.807, 2.05) is 0 Å². The highest BCUT2D eigenvalue weighted by atomic mass is 16.5. The molecule has 1 N–H and O–H groups in total. The lowest BCUT2D eigenvalue weighted by Gasteiger charge is -2.41. The third kappa shape index (κ3) is 8.40. The fraction of sp³-hybridized carbons (Fsp3) is 0.759. The van der Waals surface area contributed by atoms with Gasteiger partial charge in [-0.3, -0.25) is 10.1 Å². The van der Waals surface area contributed by atoms with Gasteiger partial charge in [0, 0.05) is 12.0 Å². The van der Waals surface area contributed by atoms with Gasteiger partial charge < -0.3 is 9.47 Å². The summed E-state index contributed by atoms with van der Waals surface area (Å²) in [6.45, 7) is 8.26. The number of unbranched alkanes of at least 4 members (excludes halogenated alkanes) is 4. The molecule has 33 heavy (non-hydrogen) atoms. The van der Waals surface area contributed by atoms with E-state index in [0.717, 1.165) is 70.8 Å². The van der Waals surface area contributed by atoms with Crippen molar-refractivity contribution >= 4 is 5.97 Å². The number of carbonyl (C=O) groups excluding carboxylic acids is 1. The molecule has 0 radical (unpaired) electrons. The summed E-state index contributed by atoms with van der Waals surface area (Å²) in [5, 5.41) is 4.09. The third-order valence-corrected chi connectivity index (χ3v) is 7.56. The number of benzene rings is 1. The second-order valence-electron chi connectivity index (χ2n) is 11.0. The van der Waals surface area contributed by atoms with Crippen LogP contribution in [0.25, 0.3) is 0 Å².